The number of rotatable bonds is 3. The van der Waals surface area contributed by atoms with Crippen LogP contribution >= 0.6 is 12.4 Å². The van der Waals surface area contributed by atoms with Crippen molar-refractivity contribution in [1.29, 1.82) is 0 Å². The summed E-state index contributed by atoms with van der Waals surface area (Å²) >= 11 is 0. The van der Waals surface area contributed by atoms with Gasteiger partial charge in [0.15, 0.2) is 0 Å². The van der Waals surface area contributed by atoms with Crippen LogP contribution in [0, 0.1) is 17.3 Å². The summed E-state index contributed by atoms with van der Waals surface area (Å²) < 4.78 is 0. The van der Waals surface area contributed by atoms with Crippen LogP contribution in [0.4, 0.5) is 0 Å². The first-order valence-electron chi connectivity index (χ1n) is 6.04. The van der Waals surface area contributed by atoms with E-state index in [2.05, 4.69) is 19.2 Å². The predicted octanol–water partition coefficient (Wildman–Crippen LogP) is 1.70. The third-order valence-corrected chi connectivity index (χ3v) is 4.15. The number of carbonyl (C=O) groups is 1. The van der Waals surface area contributed by atoms with Gasteiger partial charge in [-0.15, -0.1) is 12.4 Å². The highest BCUT2D eigenvalue weighted by Gasteiger charge is 2.45. The normalized spacial score (nSPS) is 35.3. The van der Waals surface area contributed by atoms with Crippen LogP contribution in [0.5, 0.6) is 0 Å². The lowest BCUT2D eigenvalue weighted by atomic mass is 10.0. The Morgan fingerprint density at radius 1 is 1.44 bits per heavy atom. The fourth-order valence-electron chi connectivity index (χ4n) is 2.59. The van der Waals surface area contributed by atoms with Crippen molar-refractivity contribution in [2.45, 2.75) is 45.6 Å². The molecule has 3 unspecified atom stereocenters. The van der Waals surface area contributed by atoms with E-state index in [-0.39, 0.29) is 30.3 Å². The molecule has 2 aliphatic rings. The molecule has 0 aromatic carbocycles. The van der Waals surface area contributed by atoms with Crippen molar-refractivity contribution in [2.24, 2.45) is 23.0 Å². The van der Waals surface area contributed by atoms with E-state index in [4.69, 9.17) is 5.73 Å². The van der Waals surface area contributed by atoms with Gasteiger partial charge in [0.2, 0.25) is 5.91 Å². The zero-order valence-electron chi connectivity index (χ0n) is 10.2. The molecule has 2 aliphatic carbocycles. The third-order valence-electron chi connectivity index (χ3n) is 4.15. The number of hydrogen-bond acceptors (Lipinski definition) is 2. The van der Waals surface area contributed by atoms with Gasteiger partial charge in [0, 0.05) is 12.6 Å². The van der Waals surface area contributed by atoms with E-state index in [0.717, 1.165) is 25.8 Å². The minimum atomic E-state index is 0. The van der Waals surface area contributed by atoms with E-state index in [1.54, 1.807) is 0 Å². The van der Waals surface area contributed by atoms with Crippen LogP contribution in [-0.4, -0.2) is 18.5 Å². The van der Waals surface area contributed by atoms with Gasteiger partial charge in [-0.1, -0.05) is 20.3 Å². The quantitative estimate of drug-likeness (QED) is 0.797. The average molecular weight is 247 g/mol. The summed E-state index contributed by atoms with van der Waals surface area (Å²) in [5.41, 5.74) is 6.34. The molecule has 2 fully saturated rings. The molecular formula is C12H23ClN2O. The second-order valence-corrected chi connectivity index (χ2v) is 5.84. The Morgan fingerprint density at radius 2 is 2.06 bits per heavy atom. The van der Waals surface area contributed by atoms with Crippen molar-refractivity contribution < 1.29 is 4.79 Å². The van der Waals surface area contributed by atoms with Crippen LogP contribution in [0.15, 0.2) is 0 Å². The van der Waals surface area contributed by atoms with Gasteiger partial charge < -0.3 is 11.1 Å². The van der Waals surface area contributed by atoms with Gasteiger partial charge >= 0.3 is 0 Å². The molecule has 3 nitrogen and oxygen atoms in total. The van der Waals surface area contributed by atoms with Crippen molar-refractivity contribution in [3.63, 3.8) is 0 Å². The SMILES string of the molecule is CC1(C)CC1CNC(=O)C1CCCC1N.Cl. The van der Waals surface area contributed by atoms with Crippen LogP contribution in [0.2, 0.25) is 0 Å². The van der Waals surface area contributed by atoms with Crippen molar-refractivity contribution in [3.05, 3.63) is 0 Å². The summed E-state index contributed by atoms with van der Waals surface area (Å²) in [6.45, 7) is 5.35. The van der Waals surface area contributed by atoms with Crippen molar-refractivity contribution in [2.75, 3.05) is 6.54 Å². The number of halogens is 1. The van der Waals surface area contributed by atoms with Crippen molar-refractivity contribution in [1.82, 2.24) is 5.32 Å². The minimum Gasteiger partial charge on any atom is -0.356 e. The molecule has 0 aliphatic heterocycles. The molecule has 0 bridgehead atoms. The summed E-state index contributed by atoms with van der Waals surface area (Å²) in [5.74, 6) is 0.939. The van der Waals surface area contributed by atoms with Crippen molar-refractivity contribution in [3.8, 4) is 0 Å². The van der Waals surface area contributed by atoms with Gasteiger partial charge in [-0.3, -0.25) is 4.79 Å². The van der Waals surface area contributed by atoms with Gasteiger partial charge in [0.1, 0.15) is 0 Å². The number of nitrogens with one attached hydrogen (secondary N) is 1. The highest BCUT2D eigenvalue weighted by atomic mass is 35.5. The topological polar surface area (TPSA) is 55.1 Å². The molecule has 0 spiro atoms. The van der Waals surface area contributed by atoms with Crippen LogP contribution in [0.3, 0.4) is 0 Å². The maximum Gasteiger partial charge on any atom is 0.224 e. The second-order valence-electron chi connectivity index (χ2n) is 5.84. The second kappa shape index (κ2) is 4.92. The highest BCUT2D eigenvalue weighted by Crippen LogP contribution is 2.51. The molecule has 16 heavy (non-hydrogen) atoms. The Hall–Kier alpha value is -0.280. The molecular weight excluding hydrogens is 224 g/mol. The molecule has 94 valence electrons. The Labute approximate surface area is 104 Å². The Kier molecular flexibility index (Phi) is 4.24. The van der Waals surface area contributed by atoms with E-state index in [1.165, 1.54) is 6.42 Å². The number of amides is 1. The summed E-state index contributed by atoms with van der Waals surface area (Å²) in [6, 6.07) is 0.0946. The monoisotopic (exact) mass is 246 g/mol. The molecule has 2 saturated carbocycles. The standard InChI is InChI=1S/C12H22N2O.ClH/c1-12(2)6-8(12)7-14-11(15)9-4-3-5-10(9)13;/h8-10H,3-7,13H2,1-2H3,(H,14,15);1H. The molecule has 0 aromatic heterocycles. The molecule has 0 radical (unpaired) electrons. The third kappa shape index (κ3) is 2.89. The zero-order chi connectivity index (χ0) is 11.1. The fourth-order valence-corrected chi connectivity index (χ4v) is 2.59. The Bertz CT molecular complexity index is 268. The summed E-state index contributed by atoms with van der Waals surface area (Å²) in [4.78, 5) is 11.8. The maximum atomic E-state index is 11.8. The van der Waals surface area contributed by atoms with Gasteiger partial charge in [-0.25, -0.2) is 0 Å². The first-order valence-corrected chi connectivity index (χ1v) is 6.04. The van der Waals surface area contributed by atoms with E-state index in [9.17, 15) is 4.79 Å². The summed E-state index contributed by atoms with van der Waals surface area (Å²) in [5, 5.41) is 3.05. The van der Waals surface area contributed by atoms with E-state index in [1.807, 2.05) is 0 Å². The van der Waals surface area contributed by atoms with Crippen LogP contribution in [0.25, 0.3) is 0 Å². The molecule has 0 saturated heterocycles. The molecule has 1 amide bonds. The zero-order valence-corrected chi connectivity index (χ0v) is 11.0. The lowest BCUT2D eigenvalue weighted by molar-refractivity contribution is -0.125. The van der Waals surface area contributed by atoms with Crippen LogP contribution < -0.4 is 11.1 Å². The predicted molar refractivity (Wildman–Crippen MR) is 67.5 cm³/mol. The Balaban J connectivity index is 0.00000128. The number of hydrogen-bond donors (Lipinski definition) is 2. The van der Waals surface area contributed by atoms with Gasteiger partial charge in [0.25, 0.3) is 0 Å². The van der Waals surface area contributed by atoms with Crippen LogP contribution in [0.1, 0.15) is 39.5 Å². The van der Waals surface area contributed by atoms with Gasteiger partial charge in [-0.05, 0) is 30.6 Å². The minimum absolute atomic E-state index is 0. The first kappa shape index (κ1) is 13.8. The first-order chi connectivity index (χ1) is 7.00. The van der Waals surface area contributed by atoms with Gasteiger partial charge in [0.05, 0.1) is 5.92 Å². The average Bonchev–Trinajstić information content (AvgIpc) is 2.58. The number of nitrogens with two attached hydrogens (primary N) is 1. The van der Waals surface area contributed by atoms with Crippen LogP contribution in [-0.2, 0) is 4.79 Å². The smallest absolute Gasteiger partial charge is 0.224 e. The van der Waals surface area contributed by atoms with Crippen molar-refractivity contribution >= 4 is 18.3 Å². The molecule has 0 aromatic rings. The molecule has 2 rings (SSSR count). The van der Waals surface area contributed by atoms with Gasteiger partial charge in [-0.2, -0.15) is 0 Å². The highest BCUT2D eigenvalue weighted by molar-refractivity contribution is 5.85. The number of carbonyl (C=O) groups excluding carboxylic acids is 1. The molecule has 3 atom stereocenters. The summed E-state index contributed by atoms with van der Waals surface area (Å²) in [6.07, 6.45) is 4.33. The molecule has 4 heteroatoms. The molecule has 3 N–H and O–H groups in total. The fraction of sp³-hybridized carbons (Fsp3) is 0.917. The summed E-state index contributed by atoms with van der Waals surface area (Å²) in [7, 11) is 0. The lowest BCUT2D eigenvalue weighted by Gasteiger charge is -2.15. The maximum absolute atomic E-state index is 11.8. The molecule has 0 heterocycles. The van der Waals surface area contributed by atoms with E-state index >= 15 is 0 Å². The van der Waals surface area contributed by atoms with E-state index < -0.39 is 0 Å². The lowest BCUT2D eigenvalue weighted by Crippen LogP contribution is -2.39. The Morgan fingerprint density at radius 3 is 2.50 bits per heavy atom. The largest absolute Gasteiger partial charge is 0.356 e. The van der Waals surface area contributed by atoms with E-state index in [0.29, 0.717) is 11.3 Å².